The predicted octanol–water partition coefficient (Wildman–Crippen LogP) is 3.63. The van der Waals surface area contributed by atoms with Gasteiger partial charge in [-0.2, -0.15) is 5.10 Å². The number of aryl methyl sites for hydroxylation is 1. The van der Waals surface area contributed by atoms with Crippen molar-refractivity contribution in [1.29, 1.82) is 0 Å². The van der Waals surface area contributed by atoms with Crippen LogP contribution in [0.4, 0.5) is 14.9 Å². The van der Waals surface area contributed by atoms with E-state index in [9.17, 15) is 13.4 Å². The second-order valence-corrected chi connectivity index (χ2v) is 9.81. The normalized spacial score (nSPS) is 25.0. The lowest BCUT2D eigenvalue weighted by molar-refractivity contribution is 0.105. The summed E-state index contributed by atoms with van der Waals surface area (Å²) in [4.78, 5) is 13.0. The van der Waals surface area contributed by atoms with Gasteiger partial charge in [0.2, 0.25) is 5.88 Å². The summed E-state index contributed by atoms with van der Waals surface area (Å²) in [5, 5.41) is 7.06. The Morgan fingerprint density at radius 2 is 2.23 bits per heavy atom. The van der Waals surface area contributed by atoms with Crippen LogP contribution < -0.4 is 10.1 Å². The Bertz CT molecular complexity index is 1140. The topological polar surface area (TPSA) is 85.6 Å². The van der Waals surface area contributed by atoms with Crippen molar-refractivity contribution >= 4 is 22.3 Å². The van der Waals surface area contributed by atoms with E-state index in [1.807, 2.05) is 13.8 Å². The van der Waals surface area contributed by atoms with Crippen LogP contribution in [0.25, 0.3) is 0 Å². The van der Waals surface area contributed by atoms with Gasteiger partial charge in [-0.05, 0) is 54.9 Å². The number of carbonyl (C=O) groups excluding carboxylic acids is 1. The number of amides is 2. The zero-order valence-corrected chi connectivity index (χ0v) is 18.0. The highest BCUT2D eigenvalue weighted by Crippen LogP contribution is 2.39. The molecular formula is C21H25FN4O3S. The molecule has 0 fully saturated rings. The molecule has 2 heterocycles. The molecule has 0 bridgehead atoms. The number of alkyl halides is 1. The molecule has 1 N–H and O–H groups in total. The van der Waals surface area contributed by atoms with E-state index < -0.39 is 28.4 Å². The van der Waals surface area contributed by atoms with E-state index in [0.717, 1.165) is 42.4 Å². The molecule has 2 amide bonds. The first-order chi connectivity index (χ1) is 14.4. The lowest BCUT2D eigenvalue weighted by Crippen LogP contribution is -2.30. The number of hydrogen-bond acceptors (Lipinski definition) is 4. The van der Waals surface area contributed by atoms with E-state index in [4.69, 9.17) is 4.74 Å². The number of carbonyl (C=O) groups is 1. The van der Waals surface area contributed by atoms with Gasteiger partial charge in [-0.25, -0.2) is 18.1 Å². The summed E-state index contributed by atoms with van der Waals surface area (Å²) < 4.78 is 38.3. The van der Waals surface area contributed by atoms with Crippen LogP contribution in [0.3, 0.4) is 0 Å². The van der Waals surface area contributed by atoms with Crippen molar-refractivity contribution in [2.24, 2.45) is 4.36 Å². The van der Waals surface area contributed by atoms with Crippen LogP contribution in [-0.4, -0.2) is 31.8 Å². The van der Waals surface area contributed by atoms with Crippen molar-refractivity contribution in [2.45, 2.75) is 75.6 Å². The number of aromatic nitrogens is 2. The van der Waals surface area contributed by atoms with Crippen molar-refractivity contribution in [1.82, 2.24) is 9.78 Å². The van der Waals surface area contributed by atoms with Crippen molar-refractivity contribution < 1.29 is 18.1 Å². The van der Waals surface area contributed by atoms with Crippen LogP contribution in [0, 0.1) is 0 Å². The molecule has 0 spiro atoms. The fourth-order valence-corrected chi connectivity index (χ4v) is 5.50. The highest BCUT2D eigenvalue weighted by molar-refractivity contribution is 7.75. The van der Waals surface area contributed by atoms with E-state index in [2.05, 4.69) is 20.8 Å². The Kier molecular flexibility index (Phi) is 4.61. The fraction of sp³-hybridized carbons (Fsp3) is 0.524. The first-order valence-electron chi connectivity index (χ1n) is 10.4. The average Bonchev–Trinajstić information content (AvgIpc) is 3.44. The molecule has 3 atom stereocenters. The van der Waals surface area contributed by atoms with Crippen molar-refractivity contribution in [3.63, 3.8) is 0 Å². The summed E-state index contributed by atoms with van der Waals surface area (Å²) in [6.07, 6.45) is 4.78. The molecule has 9 heteroatoms. The molecule has 1 aromatic carbocycles. The number of thiol groups is 1. The van der Waals surface area contributed by atoms with E-state index in [-0.39, 0.29) is 0 Å². The van der Waals surface area contributed by atoms with Gasteiger partial charge in [0.25, 0.3) is 0 Å². The lowest BCUT2D eigenvalue weighted by atomic mass is 9.99. The minimum atomic E-state index is -2.36. The van der Waals surface area contributed by atoms with Crippen LogP contribution in [0.2, 0.25) is 0 Å². The van der Waals surface area contributed by atoms with E-state index in [0.29, 0.717) is 35.8 Å². The number of benzene rings is 1. The maximum atomic E-state index is 14.0. The van der Waals surface area contributed by atoms with E-state index in [1.165, 1.54) is 11.8 Å². The third kappa shape index (κ3) is 3.19. The fourth-order valence-electron chi connectivity index (χ4n) is 4.70. The highest BCUT2D eigenvalue weighted by Gasteiger charge is 2.36. The minimum Gasteiger partial charge on any atom is -0.469 e. The van der Waals surface area contributed by atoms with Crippen LogP contribution in [0.15, 0.2) is 21.5 Å². The molecule has 1 aromatic heterocycles. The Morgan fingerprint density at radius 3 is 3.03 bits per heavy atom. The summed E-state index contributed by atoms with van der Waals surface area (Å²) in [6.45, 7) is 4.56. The second kappa shape index (κ2) is 7.08. The lowest BCUT2D eigenvalue weighted by Gasteiger charge is -2.20. The van der Waals surface area contributed by atoms with Crippen LogP contribution >= 0.6 is 0 Å². The Morgan fingerprint density at radius 1 is 1.40 bits per heavy atom. The molecule has 160 valence electrons. The van der Waals surface area contributed by atoms with Gasteiger partial charge in [-0.3, -0.25) is 0 Å². The van der Waals surface area contributed by atoms with E-state index >= 15 is 0 Å². The summed E-state index contributed by atoms with van der Waals surface area (Å²) >= 11 is 0. The van der Waals surface area contributed by atoms with E-state index in [1.54, 1.807) is 4.68 Å². The Hall–Kier alpha value is -2.42. The van der Waals surface area contributed by atoms with Gasteiger partial charge >= 0.3 is 6.03 Å². The third-order valence-electron chi connectivity index (χ3n) is 6.43. The summed E-state index contributed by atoms with van der Waals surface area (Å²) in [6, 6.07) is 1.40. The molecule has 0 saturated heterocycles. The third-order valence-corrected chi connectivity index (χ3v) is 7.52. The summed E-state index contributed by atoms with van der Waals surface area (Å²) in [5.41, 5.74) is 4.33. The quantitative estimate of drug-likeness (QED) is 0.726. The Balaban J connectivity index is 1.42. The van der Waals surface area contributed by atoms with Crippen molar-refractivity contribution in [3.05, 3.63) is 34.5 Å². The van der Waals surface area contributed by atoms with Crippen LogP contribution in [0.5, 0.6) is 5.88 Å². The number of nitrogens with one attached hydrogen (secondary N) is 1. The predicted molar refractivity (Wildman–Crippen MR) is 112 cm³/mol. The zero-order chi connectivity index (χ0) is 21.0. The molecule has 0 saturated carbocycles. The van der Waals surface area contributed by atoms with Gasteiger partial charge in [-0.15, -0.1) is 4.36 Å². The van der Waals surface area contributed by atoms with Gasteiger partial charge in [0.1, 0.15) is 16.7 Å². The standard InChI is InChI=1S/C21H25FN4O3S/c1-3-21(2)11-26-19(29-21)17(10-23-26)30(28)25-20(27)24-18-15-6-4-5-12(15)7-13-8-14(22)9-16(13)18/h7,10,14,30H,3-6,8-9,11H2,1-2H3,(H,24,27)/t14-,21+/m0/s1. The van der Waals surface area contributed by atoms with Gasteiger partial charge < -0.3 is 10.1 Å². The first kappa shape index (κ1) is 19.5. The monoisotopic (exact) mass is 432 g/mol. The van der Waals surface area contributed by atoms with Gasteiger partial charge in [0, 0.05) is 18.5 Å². The zero-order valence-electron chi connectivity index (χ0n) is 17.1. The van der Waals surface area contributed by atoms with Gasteiger partial charge in [-0.1, -0.05) is 13.0 Å². The SMILES string of the molecule is CC[C@]1(C)Cn2ncc([SH](=O)=NC(=O)Nc3c4c(cc5c3C[C@@H](F)C5)CCC4)c2O1. The molecule has 2 aromatic rings. The number of fused-ring (bicyclic) bond motifs is 3. The van der Waals surface area contributed by atoms with Crippen molar-refractivity contribution in [3.8, 4) is 5.88 Å². The smallest absolute Gasteiger partial charge is 0.353 e. The molecule has 3 aliphatic rings. The number of anilines is 1. The summed E-state index contributed by atoms with van der Waals surface area (Å²) in [7, 11) is -2.36. The molecule has 30 heavy (non-hydrogen) atoms. The number of ether oxygens (including phenoxy) is 1. The van der Waals surface area contributed by atoms with Crippen LogP contribution in [-0.2, 0) is 42.8 Å². The highest BCUT2D eigenvalue weighted by atomic mass is 32.2. The minimum absolute atomic E-state index is 0.296. The van der Waals surface area contributed by atoms with Crippen LogP contribution in [0.1, 0.15) is 48.9 Å². The maximum Gasteiger partial charge on any atom is 0.353 e. The average molecular weight is 433 g/mol. The number of hydrogen-bond donors (Lipinski definition) is 2. The molecule has 0 radical (unpaired) electrons. The molecule has 1 unspecified atom stereocenters. The first-order valence-corrected chi connectivity index (χ1v) is 11.6. The molecule has 5 rings (SSSR count). The molecule has 1 aliphatic heterocycles. The summed E-state index contributed by atoms with van der Waals surface area (Å²) in [5.74, 6) is 0.416. The molecule has 2 aliphatic carbocycles. The van der Waals surface area contributed by atoms with Gasteiger partial charge in [0.05, 0.1) is 23.3 Å². The second-order valence-electron chi connectivity index (χ2n) is 8.59. The molecular weight excluding hydrogens is 407 g/mol. The van der Waals surface area contributed by atoms with Crippen molar-refractivity contribution in [2.75, 3.05) is 5.32 Å². The number of urea groups is 1. The van der Waals surface area contributed by atoms with Gasteiger partial charge in [0.15, 0.2) is 0 Å². The number of rotatable bonds is 3. The molecule has 7 nitrogen and oxygen atoms in total. The maximum absolute atomic E-state index is 14.0. The Labute approximate surface area is 176 Å². The number of nitrogens with zero attached hydrogens (tertiary/aromatic N) is 3. The largest absolute Gasteiger partial charge is 0.469 e. The number of halogens is 1.